The van der Waals surface area contributed by atoms with Gasteiger partial charge in [0, 0.05) is 18.9 Å². The summed E-state index contributed by atoms with van der Waals surface area (Å²) in [4.78, 5) is 6.17. The molecule has 20 heavy (non-hydrogen) atoms. The number of likely N-dealkylation sites (tertiary alicyclic amines) is 1. The fourth-order valence-electron chi connectivity index (χ4n) is 2.28. The number of nitrogens with two attached hydrogens (primary N) is 1. The average Bonchev–Trinajstić information content (AvgIpc) is 2.46. The van der Waals surface area contributed by atoms with E-state index in [4.69, 9.17) is 5.84 Å². The van der Waals surface area contributed by atoms with E-state index in [9.17, 15) is 8.42 Å². The van der Waals surface area contributed by atoms with E-state index in [2.05, 4.69) is 27.1 Å². The third-order valence-corrected chi connectivity index (χ3v) is 5.08. The van der Waals surface area contributed by atoms with Crippen molar-refractivity contribution in [1.29, 1.82) is 0 Å². The number of sulfonamides is 1. The predicted octanol–water partition coefficient (Wildman–Crippen LogP) is -0.0127. The predicted molar refractivity (Wildman–Crippen MR) is 77.5 cm³/mol. The zero-order valence-electron chi connectivity index (χ0n) is 11.5. The first-order valence-electron chi connectivity index (χ1n) is 6.62. The highest BCUT2D eigenvalue weighted by molar-refractivity contribution is 7.89. The number of nitrogens with one attached hydrogen (secondary N) is 2. The molecule has 0 aliphatic carbocycles. The maximum Gasteiger partial charge on any atom is 0.244 e. The Hall–Kier alpha value is -1.22. The number of hydrogen-bond acceptors (Lipinski definition) is 6. The third-order valence-electron chi connectivity index (χ3n) is 3.63. The molecule has 0 amide bonds. The molecule has 1 aliphatic heterocycles. The van der Waals surface area contributed by atoms with Crippen molar-refractivity contribution >= 4 is 15.7 Å². The Morgan fingerprint density at radius 1 is 1.45 bits per heavy atom. The molecule has 7 nitrogen and oxygen atoms in total. The lowest BCUT2D eigenvalue weighted by Gasteiger charge is -2.28. The van der Waals surface area contributed by atoms with E-state index < -0.39 is 10.0 Å². The molecule has 2 rings (SSSR count). The molecule has 0 saturated carbocycles. The van der Waals surface area contributed by atoms with Crippen LogP contribution in [0, 0.1) is 5.92 Å². The third kappa shape index (κ3) is 3.66. The topological polar surface area (TPSA) is 100 Å². The van der Waals surface area contributed by atoms with Crippen LogP contribution >= 0.6 is 0 Å². The molecule has 1 aromatic heterocycles. The number of aromatic nitrogens is 1. The van der Waals surface area contributed by atoms with E-state index in [1.807, 2.05) is 0 Å². The minimum atomic E-state index is -3.58. The average molecular weight is 299 g/mol. The molecule has 0 unspecified atom stereocenters. The first-order chi connectivity index (χ1) is 9.53. The molecule has 0 spiro atoms. The summed E-state index contributed by atoms with van der Waals surface area (Å²) in [5, 5.41) is 0. The molecule has 0 atom stereocenters. The Labute approximate surface area is 119 Å². The van der Waals surface area contributed by atoms with E-state index in [0.29, 0.717) is 18.2 Å². The lowest BCUT2D eigenvalue weighted by molar-refractivity contribution is 0.220. The highest BCUT2D eigenvalue weighted by Crippen LogP contribution is 2.20. The summed E-state index contributed by atoms with van der Waals surface area (Å²) in [6.45, 7) is 2.47. The summed E-state index contributed by atoms with van der Waals surface area (Å²) < 4.78 is 27.2. The highest BCUT2D eigenvalue weighted by Gasteiger charge is 2.22. The molecule has 2 heterocycles. The van der Waals surface area contributed by atoms with Crippen molar-refractivity contribution in [3.8, 4) is 0 Å². The molecule has 8 heteroatoms. The molecular weight excluding hydrogens is 278 g/mol. The second-order valence-corrected chi connectivity index (χ2v) is 6.85. The molecule has 0 aromatic carbocycles. The second kappa shape index (κ2) is 6.49. The summed E-state index contributed by atoms with van der Waals surface area (Å²) in [5.41, 5.74) is 2.72. The van der Waals surface area contributed by atoms with Crippen molar-refractivity contribution < 1.29 is 8.42 Å². The molecule has 4 N–H and O–H groups in total. The van der Waals surface area contributed by atoms with Crippen LogP contribution < -0.4 is 16.0 Å². The number of hydrogen-bond donors (Lipinski definition) is 3. The smallest absolute Gasteiger partial charge is 0.244 e. The minimum absolute atomic E-state index is 0.0791. The normalized spacial score (nSPS) is 18.1. The van der Waals surface area contributed by atoms with Gasteiger partial charge < -0.3 is 10.3 Å². The van der Waals surface area contributed by atoms with Crippen LogP contribution in [0.4, 0.5) is 5.69 Å². The van der Waals surface area contributed by atoms with Gasteiger partial charge in [-0.3, -0.25) is 10.8 Å². The monoisotopic (exact) mass is 299 g/mol. The number of pyridine rings is 1. The van der Waals surface area contributed by atoms with Crippen LogP contribution in [0.15, 0.2) is 23.4 Å². The number of piperidine rings is 1. The second-order valence-electron chi connectivity index (χ2n) is 5.11. The van der Waals surface area contributed by atoms with Crippen LogP contribution in [0.25, 0.3) is 0 Å². The Morgan fingerprint density at radius 3 is 2.80 bits per heavy atom. The van der Waals surface area contributed by atoms with Gasteiger partial charge in [0.2, 0.25) is 10.0 Å². The first kappa shape index (κ1) is 15.2. The summed E-state index contributed by atoms with van der Waals surface area (Å²) in [5.74, 6) is 5.71. The molecule has 1 saturated heterocycles. The fourth-order valence-corrected chi connectivity index (χ4v) is 3.51. The van der Waals surface area contributed by atoms with Gasteiger partial charge in [0.1, 0.15) is 4.90 Å². The van der Waals surface area contributed by atoms with Crippen LogP contribution in [-0.2, 0) is 10.0 Å². The van der Waals surface area contributed by atoms with E-state index in [1.54, 1.807) is 0 Å². The van der Waals surface area contributed by atoms with Gasteiger partial charge in [-0.25, -0.2) is 13.1 Å². The summed E-state index contributed by atoms with van der Waals surface area (Å²) in [6.07, 6.45) is 4.81. The van der Waals surface area contributed by atoms with Crippen LogP contribution in [0.3, 0.4) is 0 Å². The van der Waals surface area contributed by atoms with E-state index in [0.717, 1.165) is 25.9 Å². The number of nitrogen functional groups attached to an aromatic ring is 1. The van der Waals surface area contributed by atoms with Crippen LogP contribution in [0.5, 0.6) is 0 Å². The van der Waals surface area contributed by atoms with Crippen LogP contribution in [-0.4, -0.2) is 45.0 Å². The minimum Gasteiger partial charge on any atom is -0.323 e. The first-order valence-corrected chi connectivity index (χ1v) is 8.10. The quantitative estimate of drug-likeness (QED) is 0.522. The van der Waals surface area contributed by atoms with Gasteiger partial charge in [0.25, 0.3) is 0 Å². The highest BCUT2D eigenvalue weighted by atomic mass is 32.2. The van der Waals surface area contributed by atoms with E-state index in [-0.39, 0.29) is 4.90 Å². The Morgan fingerprint density at radius 2 is 2.15 bits per heavy atom. The summed E-state index contributed by atoms with van der Waals surface area (Å²) >= 11 is 0. The van der Waals surface area contributed by atoms with Crippen molar-refractivity contribution in [2.24, 2.45) is 11.8 Å². The number of anilines is 1. The van der Waals surface area contributed by atoms with Gasteiger partial charge in [0.05, 0.1) is 5.69 Å². The van der Waals surface area contributed by atoms with E-state index >= 15 is 0 Å². The zero-order chi connectivity index (χ0) is 14.6. The van der Waals surface area contributed by atoms with Crippen molar-refractivity contribution in [3.05, 3.63) is 18.5 Å². The Kier molecular flexibility index (Phi) is 4.92. The zero-order valence-corrected chi connectivity index (χ0v) is 12.4. The van der Waals surface area contributed by atoms with Gasteiger partial charge >= 0.3 is 0 Å². The summed E-state index contributed by atoms with van der Waals surface area (Å²) in [6, 6.07) is 1.53. The molecule has 112 valence electrons. The van der Waals surface area contributed by atoms with Crippen molar-refractivity contribution in [2.45, 2.75) is 17.7 Å². The summed E-state index contributed by atoms with van der Waals surface area (Å²) in [7, 11) is -1.51. The molecule has 0 bridgehead atoms. The van der Waals surface area contributed by atoms with Crippen LogP contribution in [0.1, 0.15) is 12.8 Å². The fraction of sp³-hybridized carbons (Fsp3) is 0.583. The lowest BCUT2D eigenvalue weighted by atomic mass is 9.98. The number of nitrogens with zero attached hydrogens (tertiary/aromatic N) is 2. The van der Waals surface area contributed by atoms with Gasteiger partial charge in [-0.1, -0.05) is 0 Å². The van der Waals surface area contributed by atoms with Crippen molar-refractivity contribution in [2.75, 3.05) is 32.1 Å². The van der Waals surface area contributed by atoms with Gasteiger partial charge in [-0.05, 0) is 45.0 Å². The van der Waals surface area contributed by atoms with Gasteiger partial charge in [-0.2, -0.15) is 0 Å². The van der Waals surface area contributed by atoms with E-state index in [1.165, 1.54) is 18.5 Å². The maximum absolute atomic E-state index is 12.3. The Balaban J connectivity index is 2.00. The number of hydrazine groups is 1. The molecule has 1 fully saturated rings. The SMILES string of the molecule is CN1CCC(CNS(=O)(=O)c2cnccc2NN)CC1. The van der Waals surface area contributed by atoms with Gasteiger partial charge in [-0.15, -0.1) is 0 Å². The maximum atomic E-state index is 12.3. The Bertz CT molecular complexity index is 541. The molecule has 1 aliphatic rings. The molecular formula is C12H21N5O2S. The standard InChI is InChI=1S/C12H21N5O2S/c1-17-6-3-10(4-7-17)8-15-20(18,19)12-9-14-5-2-11(12)16-13/h2,5,9-10,15H,3-4,6-8,13H2,1H3,(H,14,16). The van der Waals surface area contributed by atoms with Gasteiger partial charge in [0.15, 0.2) is 0 Å². The largest absolute Gasteiger partial charge is 0.323 e. The van der Waals surface area contributed by atoms with Crippen molar-refractivity contribution in [1.82, 2.24) is 14.6 Å². The van der Waals surface area contributed by atoms with Crippen LogP contribution in [0.2, 0.25) is 0 Å². The van der Waals surface area contributed by atoms with Crippen molar-refractivity contribution in [3.63, 3.8) is 0 Å². The number of rotatable bonds is 5. The lowest BCUT2D eigenvalue weighted by Crippen LogP contribution is -2.37. The molecule has 1 aromatic rings. The molecule has 0 radical (unpaired) electrons.